The summed E-state index contributed by atoms with van der Waals surface area (Å²) in [6.07, 6.45) is 0. The minimum atomic E-state index is -0.593. The van der Waals surface area contributed by atoms with Crippen LogP contribution >= 0.6 is 27.5 Å². The van der Waals surface area contributed by atoms with Gasteiger partial charge in [-0.3, -0.25) is 14.6 Å². The quantitative estimate of drug-likeness (QED) is 0.461. The maximum absolute atomic E-state index is 12.5. The van der Waals surface area contributed by atoms with Gasteiger partial charge in [-0.2, -0.15) is 0 Å². The second-order valence-electron chi connectivity index (χ2n) is 4.08. The van der Waals surface area contributed by atoms with Crippen LogP contribution in [-0.2, 0) is 9.68 Å². The highest BCUT2D eigenvalue weighted by Gasteiger charge is 2.18. The molecule has 4 nitrogen and oxygen atoms in total. The number of hydrogen-bond acceptors (Lipinski definition) is 4. The molecule has 0 aromatic heterocycles. The highest BCUT2D eigenvalue weighted by Crippen LogP contribution is 2.31. The molecule has 0 radical (unpaired) electrons. The van der Waals surface area contributed by atoms with Crippen molar-refractivity contribution in [3.05, 3.63) is 63.1 Å². The Labute approximate surface area is 134 Å². The first kappa shape index (κ1) is 15.5. The molecule has 6 heteroatoms. The van der Waals surface area contributed by atoms with E-state index in [1.54, 1.807) is 42.5 Å². The van der Waals surface area contributed by atoms with Crippen LogP contribution in [0.25, 0.3) is 0 Å². The molecule has 0 atom stereocenters. The molecule has 0 fully saturated rings. The van der Waals surface area contributed by atoms with Gasteiger partial charge in [0.05, 0.1) is 9.50 Å². The van der Waals surface area contributed by atoms with Gasteiger partial charge in [-0.05, 0) is 40.2 Å². The van der Waals surface area contributed by atoms with Gasteiger partial charge in [-0.15, -0.1) is 0 Å². The molecule has 2 rings (SSSR count). The van der Waals surface area contributed by atoms with Crippen LogP contribution in [0.4, 0.5) is 0 Å². The van der Waals surface area contributed by atoms with Crippen LogP contribution in [0, 0.1) is 0 Å². The first-order chi connectivity index (χ1) is 10.0. The highest BCUT2D eigenvalue weighted by molar-refractivity contribution is 9.10. The van der Waals surface area contributed by atoms with Gasteiger partial charge in [-0.1, -0.05) is 29.8 Å². The van der Waals surface area contributed by atoms with E-state index in [1.807, 2.05) is 0 Å². The number of halogens is 2. The molecule has 0 saturated carbocycles. The first-order valence-corrected chi connectivity index (χ1v) is 7.10. The Morgan fingerprint density at radius 2 is 1.71 bits per heavy atom. The molecule has 0 aliphatic carbocycles. The third-order valence-corrected chi connectivity index (χ3v) is 3.72. The highest BCUT2D eigenvalue weighted by atomic mass is 79.9. The van der Waals surface area contributed by atoms with Gasteiger partial charge in [-0.25, -0.2) is 4.79 Å². The van der Waals surface area contributed by atoms with E-state index in [4.69, 9.17) is 16.5 Å². The zero-order valence-corrected chi connectivity index (χ0v) is 13.3. The number of carbonyl (C=O) groups is 2. The normalized spacial score (nSPS) is 10.0. The summed E-state index contributed by atoms with van der Waals surface area (Å²) in [5.41, 5.74) is 0.734. The van der Waals surface area contributed by atoms with Crippen molar-refractivity contribution < 1.29 is 19.4 Å². The third-order valence-electron chi connectivity index (χ3n) is 2.58. The Morgan fingerprint density at radius 3 is 2.38 bits per heavy atom. The molecule has 108 valence electrons. The van der Waals surface area contributed by atoms with Crippen LogP contribution in [0.15, 0.2) is 46.9 Å². The molecule has 0 unspecified atom stereocenters. The minimum absolute atomic E-state index is 0.225. The number of hydrogen-bond donors (Lipinski definition) is 0. The van der Waals surface area contributed by atoms with Gasteiger partial charge in [0.15, 0.2) is 11.5 Å². The van der Waals surface area contributed by atoms with Crippen LogP contribution in [0.5, 0.6) is 5.75 Å². The van der Waals surface area contributed by atoms with Gasteiger partial charge < -0.3 is 0 Å². The van der Waals surface area contributed by atoms with Crippen molar-refractivity contribution in [1.29, 1.82) is 0 Å². The molecular formula is C15H10BrClO4. The van der Waals surface area contributed by atoms with Gasteiger partial charge in [0.1, 0.15) is 0 Å². The maximum atomic E-state index is 12.5. The van der Waals surface area contributed by atoms with Gasteiger partial charge in [0.25, 0.3) is 0 Å². The molecule has 0 aliphatic rings. The van der Waals surface area contributed by atoms with Crippen LogP contribution in [0.1, 0.15) is 22.8 Å². The lowest BCUT2D eigenvalue weighted by Crippen LogP contribution is -2.07. The summed E-state index contributed by atoms with van der Waals surface area (Å²) in [7, 11) is 0. The van der Waals surface area contributed by atoms with Crippen LogP contribution in [-0.4, -0.2) is 11.8 Å². The summed E-state index contributed by atoms with van der Waals surface area (Å²) in [4.78, 5) is 32.6. The number of ketones is 1. The summed E-state index contributed by atoms with van der Waals surface area (Å²) >= 11 is 9.30. The molecule has 0 heterocycles. The van der Waals surface area contributed by atoms with Gasteiger partial charge in [0, 0.05) is 18.1 Å². The lowest BCUT2D eigenvalue weighted by atomic mass is 10.0. The molecule has 21 heavy (non-hydrogen) atoms. The molecule has 0 aliphatic heterocycles. The van der Waals surface area contributed by atoms with Crippen LogP contribution in [0.3, 0.4) is 0 Å². The van der Waals surface area contributed by atoms with E-state index in [0.717, 1.165) is 0 Å². The zero-order chi connectivity index (χ0) is 15.4. The lowest BCUT2D eigenvalue weighted by molar-refractivity contribution is -0.211. The Bertz CT molecular complexity index is 700. The average molecular weight is 370 g/mol. The number of carbonyl (C=O) groups excluding carboxylic acids is 2. The second-order valence-corrected chi connectivity index (χ2v) is 5.29. The zero-order valence-electron chi connectivity index (χ0n) is 10.9. The van der Waals surface area contributed by atoms with E-state index in [1.165, 1.54) is 6.92 Å². The number of rotatable bonds is 4. The van der Waals surface area contributed by atoms with E-state index in [0.29, 0.717) is 20.6 Å². The monoisotopic (exact) mass is 368 g/mol. The third kappa shape index (κ3) is 3.62. The Kier molecular flexibility index (Phi) is 4.98. The van der Waals surface area contributed by atoms with Gasteiger partial charge in [0.2, 0.25) is 0 Å². The molecule has 0 N–H and O–H groups in total. The molecule has 2 aromatic carbocycles. The second kappa shape index (κ2) is 6.74. The summed E-state index contributed by atoms with van der Waals surface area (Å²) in [5.74, 6) is -0.631. The van der Waals surface area contributed by atoms with E-state index >= 15 is 0 Å². The average Bonchev–Trinajstić information content (AvgIpc) is 2.46. The van der Waals surface area contributed by atoms with Crippen LogP contribution in [0.2, 0.25) is 5.02 Å². The van der Waals surface area contributed by atoms with Crippen molar-refractivity contribution in [2.24, 2.45) is 0 Å². The fourth-order valence-electron chi connectivity index (χ4n) is 1.64. The first-order valence-electron chi connectivity index (χ1n) is 5.93. The molecule has 0 saturated heterocycles. The molecule has 0 bridgehead atoms. The SMILES string of the molecule is CC(=O)OOc1cccc(C(=O)c2ccccc2Cl)c1Br. The van der Waals surface area contributed by atoms with Crippen molar-refractivity contribution in [2.75, 3.05) is 0 Å². The van der Waals surface area contributed by atoms with Gasteiger partial charge >= 0.3 is 5.97 Å². The predicted molar refractivity (Wildman–Crippen MR) is 81.4 cm³/mol. The van der Waals surface area contributed by atoms with Crippen molar-refractivity contribution in [2.45, 2.75) is 6.92 Å². The summed E-state index contributed by atoms with van der Waals surface area (Å²) in [6, 6.07) is 11.6. The van der Waals surface area contributed by atoms with E-state index in [9.17, 15) is 9.59 Å². The minimum Gasteiger partial charge on any atom is -0.289 e. The van der Waals surface area contributed by atoms with Crippen molar-refractivity contribution in [3.63, 3.8) is 0 Å². The topological polar surface area (TPSA) is 52.6 Å². The summed E-state index contributed by atoms with van der Waals surface area (Å²) in [6.45, 7) is 1.21. The Balaban J connectivity index is 2.36. The fourth-order valence-corrected chi connectivity index (χ4v) is 2.38. The van der Waals surface area contributed by atoms with E-state index < -0.39 is 5.97 Å². The van der Waals surface area contributed by atoms with Crippen molar-refractivity contribution in [3.8, 4) is 5.75 Å². The molecule has 0 amide bonds. The molecule has 0 spiro atoms. The summed E-state index contributed by atoms with van der Waals surface area (Å²) in [5, 5.41) is 0.362. The lowest BCUT2D eigenvalue weighted by Gasteiger charge is -2.09. The molecular weight excluding hydrogens is 360 g/mol. The number of benzene rings is 2. The fraction of sp³-hybridized carbons (Fsp3) is 0.0667. The van der Waals surface area contributed by atoms with Crippen molar-refractivity contribution >= 4 is 39.3 Å². The standard InChI is InChI=1S/C15H10BrClO4/c1-9(18)20-21-13-8-4-6-11(14(13)16)15(19)10-5-2-3-7-12(10)17/h2-8H,1H3. The predicted octanol–water partition coefficient (Wildman–Crippen LogP) is 4.19. The Morgan fingerprint density at radius 1 is 1.05 bits per heavy atom. The van der Waals surface area contributed by atoms with E-state index in [2.05, 4.69) is 20.8 Å². The van der Waals surface area contributed by atoms with E-state index in [-0.39, 0.29) is 11.5 Å². The smallest absolute Gasteiger partial charge is 0.289 e. The molecule has 2 aromatic rings. The maximum Gasteiger partial charge on any atom is 0.352 e. The van der Waals surface area contributed by atoms with Crippen LogP contribution < -0.4 is 4.89 Å². The van der Waals surface area contributed by atoms with Crippen molar-refractivity contribution in [1.82, 2.24) is 0 Å². The summed E-state index contributed by atoms with van der Waals surface area (Å²) < 4.78 is 0.385. The largest absolute Gasteiger partial charge is 0.352 e. The Hall–Kier alpha value is -1.85.